The number of anilines is 1. The van der Waals surface area contributed by atoms with Crippen LogP contribution in [-0.2, 0) is 4.79 Å². The molecule has 1 amide bonds. The van der Waals surface area contributed by atoms with Crippen molar-refractivity contribution in [3.63, 3.8) is 0 Å². The fourth-order valence-corrected chi connectivity index (χ4v) is 3.73. The van der Waals surface area contributed by atoms with E-state index < -0.39 is 5.97 Å². The second kappa shape index (κ2) is 8.73. The SMILES string of the molecule is COc1ccc(/C=C2/C=C(c3ccc(Cl)cc3)N(c3ccc(C(=O)O)cc3C)C2=O)cc1. The van der Waals surface area contributed by atoms with Gasteiger partial charge in [-0.15, -0.1) is 0 Å². The lowest BCUT2D eigenvalue weighted by Crippen LogP contribution is -2.25. The van der Waals surface area contributed by atoms with Gasteiger partial charge >= 0.3 is 5.97 Å². The first-order valence-corrected chi connectivity index (χ1v) is 10.3. The van der Waals surface area contributed by atoms with Crippen molar-refractivity contribution < 1.29 is 19.4 Å². The number of benzene rings is 3. The minimum absolute atomic E-state index is 0.170. The van der Waals surface area contributed by atoms with Gasteiger partial charge in [0.25, 0.3) is 5.91 Å². The molecule has 0 saturated heterocycles. The van der Waals surface area contributed by atoms with Crippen LogP contribution in [0.2, 0.25) is 5.02 Å². The molecule has 1 aliphatic heterocycles. The summed E-state index contributed by atoms with van der Waals surface area (Å²) in [5, 5.41) is 9.89. The third kappa shape index (κ3) is 4.15. The highest BCUT2D eigenvalue weighted by Gasteiger charge is 2.31. The average molecular weight is 446 g/mol. The molecule has 32 heavy (non-hydrogen) atoms. The number of carbonyl (C=O) groups is 2. The molecule has 0 bridgehead atoms. The molecule has 3 aromatic carbocycles. The van der Waals surface area contributed by atoms with E-state index in [1.165, 1.54) is 6.07 Å². The van der Waals surface area contributed by atoms with Gasteiger partial charge in [0.1, 0.15) is 5.75 Å². The molecule has 6 heteroatoms. The van der Waals surface area contributed by atoms with Crippen molar-refractivity contribution in [1.29, 1.82) is 0 Å². The van der Waals surface area contributed by atoms with E-state index in [-0.39, 0.29) is 11.5 Å². The van der Waals surface area contributed by atoms with Crippen LogP contribution in [0.4, 0.5) is 5.69 Å². The van der Waals surface area contributed by atoms with Crippen molar-refractivity contribution in [3.8, 4) is 5.75 Å². The topological polar surface area (TPSA) is 66.8 Å². The van der Waals surface area contributed by atoms with E-state index in [2.05, 4.69) is 0 Å². The van der Waals surface area contributed by atoms with E-state index in [0.29, 0.717) is 27.5 Å². The maximum atomic E-state index is 13.5. The highest BCUT2D eigenvalue weighted by molar-refractivity contribution is 6.30. The van der Waals surface area contributed by atoms with Crippen LogP contribution in [0.25, 0.3) is 11.8 Å². The summed E-state index contributed by atoms with van der Waals surface area (Å²) in [4.78, 5) is 26.5. The van der Waals surface area contributed by atoms with Gasteiger partial charge in [-0.1, -0.05) is 35.9 Å². The fourth-order valence-electron chi connectivity index (χ4n) is 3.61. The fraction of sp³-hybridized carbons (Fsp3) is 0.0769. The van der Waals surface area contributed by atoms with E-state index in [4.69, 9.17) is 16.3 Å². The van der Waals surface area contributed by atoms with Gasteiger partial charge in [0.15, 0.2) is 0 Å². The summed E-state index contributed by atoms with van der Waals surface area (Å²) in [5.41, 5.74) is 4.37. The van der Waals surface area contributed by atoms with Gasteiger partial charge < -0.3 is 9.84 Å². The lowest BCUT2D eigenvalue weighted by atomic mass is 10.1. The van der Waals surface area contributed by atoms with Crippen molar-refractivity contribution in [2.24, 2.45) is 0 Å². The van der Waals surface area contributed by atoms with Gasteiger partial charge in [-0.25, -0.2) is 4.79 Å². The molecule has 3 aromatic rings. The minimum Gasteiger partial charge on any atom is -0.497 e. The molecule has 0 fully saturated rings. The molecule has 0 atom stereocenters. The number of halogens is 1. The lowest BCUT2D eigenvalue weighted by molar-refractivity contribution is -0.113. The van der Waals surface area contributed by atoms with Crippen LogP contribution in [-0.4, -0.2) is 24.1 Å². The third-order valence-electron chi connectivity index (χ3n) is 5.25. The van der Waals surface area contributed by atoms with Crippen LogP contribution in [0.1, 0.15) is 27.0 Å². The molecule has 160 valence electrons. The lowest BCUT2D eigenvalue weighted by Gasteiger charge is -2.23. The van der Waals surface area contributed by atoms with Crippen LogP contribution in [0.15, 0.2) is 78.4 Å². The largest absolute Gasteiger partial charge is 0.497 e. The molecule has 1 N–H and O–H groups in total. The molecule has 4 rings (SSSR count). The minimum atomic E-state index is -1.01. The Hall–Kier alpha value is -3.83. The van der Waals surface area contributed by atoms with E-state index in [0.717, 1.165) is 16.9 Å². The Bertz CT molecular complexity index is 1260. The molecule has 1 heterocycles. The maximum absolute atomic E-state index is 13.5. The summed E-state index contributed by atoms with van der Waals surface area (Å²) in [5.74, 6) is -0.476. The zero-order valence-electron chi connectivity index (χ0n) is 17.5. The number of hydrogen-bond donors (Lipinski definition) is 1. The Labute approximate surface area is 190 Å². The molecule has 0 unspecified atom stereocenters. The van der Waals surface area contributed by atoms with Crippen molar-refractivity contribution in [3.05, 3.63) is 106 Å². The molecule has 0 radical (unpaired) electrons. The van der Waals surface area contributed by atoms with Gasteiger partial charge in [0.05, 0.1) is 24.1 Å². The smallest absolute Gasteiger partial charge is 0.335 e. The van der Waals surface area contributed by atoms with Crippen LogP contribution in [0.3, 0.4) is 0 Å². The number of amides is 1. The summed E-state index contributed by atoms with van der Waals surface area (Å²) in [6, 6.07) is 19.4. The van der Waals surface area contributed by atoms with E-state index in [1.54, 1.807) is 43.2 Å². The Kier molecular flexibility index (Phi) is 5.84. The van der Waals surface area contributed by atoms with Crippen LogP contribution < -0.4 is 9.64 Å². The predicted molar refractivity (Wildman–Crippen MR) is 126 cm³/mol. The van der Waals surface area contributed by atoms with Crippen LogP contribution in [0.5, 0.6) is 5.75 Å². The van der Waals surface area contributed by atoms with Crippen molar-refractivity contribution in [1.82, 2.24) is 0 Å². The summed E-state index contributed by atoms with van der Waals surface area (Å²) < 4.78 is 5.20. The number of rotatable bonds is 5. The summed E-state index contributed by atoms with van der Waals surface area (Å²) in [7, 11) is 1.60. The third-order valence-corrected chi connectivity index (χ3v) is 5.50. The van der Waals surface area contributed by atoms with Crippen molar-refractivity contribution in [2.75, 3.05) is 12.0 Å². The number of carbonyl (C=O) groups excluding carboxylic acids is 1. The Morgan fingerprint density at radius 3 is 2.31 bits per heavy atom. The Balaban J connectivity index is 1.81. The quantitative estimate of drug-likeness (QED) is 0.502. The van der Waals surface area contributed by atoms with Gasteiger partial charge in [-0.2, -0.15) is 0 Å². The Morgan fingerprint density at radius 1 is 1.03 bits per heavy atom. The second-order valence-electron chi connectivity index (χ2n) is 7.36. The number of nitrogens with zero attached hydrogens (tertiary/aromatic N) is 1. The normalized spacial score (nSPS) is 14.6. The summed E-state index contributed by atoms with van der Waals surface area (Å²) in [6.45, 7) is 1.79. The Morgan fingerprint density at radius 2 is 1.72 bits per heavy atom. The zero-order valence-corrected chi connectivity index (χ0v) is 18.3. The monoisotopic (exact) mass is 445 g/mol. The predicted octanol–water partition coefficient (Wildman–Crippen LogP) is 5.83. The first-order valence-electron chi connectivity index (χ1n) is 9.89. The molecule has 0 spiro atoms. The molecular weight excluding hydrogens is 426 g/mol. The van der Waals surface area contributed by atoms with E-state index in [1.807, 2.05) is 48.6 Å². The molecule has 5 nitrogen and oxygen atoms in total. The van der Waals surface area contributed by atoms with Crippen LogP contribution in [0, 0.1) is 6.92 Å². The molecular formula is C26H20ClNO4. The highest BCUT2D eigenvalue weighted by atomic mass is 35.5. The number of aromatic carboxylic acids is 1. The summed E-state index contributed by atoms with van der Waals surface area (Å²) >= 11 is 6.06. The first-order chi connectivity index (χ1) is 15.4. The summed E-state index contributed by atoms with van der Waals surface area (Å²) in [6.07, 6.45) is 3.65. The average Bonchev–Trinajstić information content (AvgIpc) is 3.10. The zero-order chi connectivity index (χ0) is 22.8. The van der Waals surface area contributed by atoms with E-state index >= 15 is 0 Å². The van der Waals surface area contributed by atoms with E-state index in [9.17, 15) is 14.7 Å². The van der Waals surface area contributed by atoms with Crippen LogP contribution >= 0.6 is 11.6 Å². The van der Waals surface area contributed by atoms with Crippen molar-refractivity contribution in [2.45, 2.75) is 6.92 Å². The maximum Gasteiger partial charge on any atom is 0.335 e. The number of carboxylic acids is 1. The standard InChI is InChI=1S/C26H20ClNO4/c1-16-13-19(26(30)31)7-12-23(16)28-24(18-5-8-21(27)9-6-18)15-20(25(28)29)14-17-3-10-22(32-2)11-4-17/h3-15H,1-2H3,(H,30,31)/b20-14-. The number of hydrogen-bond acceptors (Lipinski definition) is 3. The molecule has 0 saturated carbocycles. The molecule has 0 aromatic heterocycles. The molecule has 1 aliphatic rings. The van der Waals surface area contributed by atoms with Gasteiger partial charge in [-0.05, 0) is 78.2 Å². The first kappa shape index (κ1) is 21.4. The molecule has 0 aliphatic carbocycles. The highest BCUT2D eigenvalue weighted by Crippen LogP contribution is 2.37. The second-order valence-corrected chi connectivity index (χ2v) is 7.79. The van der Waals surface area contributed by atoms with Gasteiger partial charge in [0, 0.05) is 10.6 Å². The van der Waals surface area contributed by atoms with Gasteiger partial charge in [0.2, 0.25) is 0 Å². The van der Waals surface area contributed by atoms with Gasteiger partial charge in [-0.3, -0.25) is 9.69 Å². The number of ether oxygens (including phenoxy) is 1. The number of methoxy groups -OCH3 is 1. The number of carboxylic acid groups (broad SMARTS) is 1. The number of aryl methyl sites for hydroxylation is 1. The van der Waals surface area contributed by atoms with Crippen molar-refractivity contribution >= 4 is 40.9 Å².